The lowest BCUT2D eigenvalue weighted by Crippen LogP contribution is -2.38. The van der Waals surface area contributed by atoms with Crippen molar-refractivity contribution in [1.82, 2.24) is 0 Å². The first-order valence-electron chi connectivity index (χ1n) is 6.71. The minimum atomic E-state index is -1.73. The van der Waals surface area contributed by atoms with Crippen LogP contribution in [0.4, 0.5) is 0 Å². The number of aliphatic carboxylic acids is 1. The molecule has 2 N–H and O–H groups in total. The first kappa shape index (κ1) is 14.1. The van der Waals surface area contributed by atoms with Gasteiger partial charge in [0.2, 0.25) is 0 Å². The average Bonchev–Trinajstić information content (AvgIpc) is 2.86. The molecule has 1 aliphatic carbocycles. The van der Waals surface area contributed by atoms with Gasteiger partial charge in [-0.2, -0.15) is 5.26 Å². The molecule has 1 aromatic heterocycles. The normalized spacial score (nSPS) is 23.6. The van der Waals surface area contributed by atoms with Gasteiger partial charge in [0.25, 0.3) is 0 Å². The molecule has 0 radical (unpaired) electrons. The summed E-state index contributed by atoms with van der Waals surface area (Å²) in [6, 6.07) is 6.83. The maximum Gasteiger partial charge on any atom is 0.314 e. The van der Waals surface area contributed by atoms with Crippen LogP contribution in [0.1, 0.15) is 16.9 Å². The molecule has 1 aromatic carbocycles. The Morgan fingerprint density at radius 1 is 1.36 bits per heavy atom. The van der Waals surface area contributed by atoms with E-state index >= 15 is 0 Å². The zero-order valence-corrected chi connectivity index (χ0v) is 11.8. The van der Waals surface area contributed by atoms with Gasteiger partial charge < -0.3 is 14.6 Å². The SMILES string of the molecule is Cc1cc2c(C3(O)C=CC=CC3C(=O)O)cc(C#N)cc2o1. The quantitative estimate of drug-likeness (QED) is 0.888. The second-order valence-electron chi connectivity index (χ2n) is 5.29. The van der Waals surface area contributed by atoms with Crippen LogP contribution < -0.4 is 0 Å². The summed E-state index contributed by atoms with van der Waals surface area (Å²) in [4.78, 5) is 11.5. The average molecular weight is 295 g/mol. The number of hydrogen-bond acceptors (Lipinski definition) is 4. The van der Waals surface area contributed by atoms with Crippen LogP contribution in [-0.4, -0.2) is 16.2 Å². The van der Waals surface area contributed by atoms with Crippen molar-refractivity contribution >= 4 is 16.9 Å². The summed E-state index contributed by atoms with van der Waals surface area (Å²) in [7, 11) is 0. The summed E-state index contributed by atoms with van der Waals surface area (Å²) in [5, 5.41) is 30.2. The molecule has 110 valence electrons. The van der Waals surface area contributed by atoms with Gasteiger partial charge in [-0.3, -0.25) is 4.79 Å². The molecule has 0 spiro atoms. The van der Waals surface area contributed by atoms with Crippen LogP contribution in [0.3, 0.4) is 0 Å². The predicted octanol–water partition coefficient (Wildman–Crippen LogP) is 2.63. The molecule has 5 nitrogen and oxygen atoms in total. The maximum atomic E-state index is 11.5. The maximum absolute atomic E-state index is 11.5. The highest BCUT2D eigenvalue weighted by atomic mass is 16.4. The van der Waals surface area contributed by atoms with Crippen molar-refractivity contribution < 1.29 is 19.4 Å². The Kier molecular flexibility index (Phi) is 3.12. The fourth-order valence-corrected chi connectivity index (χ4v) is 2.82. The van der Waals surface area contributed by atoms with E-state index in [9.17, 15) is 15.0 Å². The topological polar surface area (TPSA) is 94.5 Å². The van der Waals surface area contributed by atoms with E-state index < -0.39 is 17.5 Å². The highest BCUT2D eigenvalue weighted by Gasteiger charge is 2.42. The molecule has 0 saturated heterocycles. The zero-order chi connectivity index (χ0) is 15.9. The number of carboxylic acids is 1. The fourth-order valence-electron chi connectivity index (χ4n) is 2.82. The van der Waals surface area contributed by atoms with Gasteiger partial charge in [-0.05, 0) is 31.2 Å². The summed E-state index contributed by atoms with van der Waals surface area (Å²) in [6.07, 6.45) is 6.04. The third-order valence-electron chi connectivity index (χ3n) is 3.83. The summed E-state index contributed by atoms with van der Waals surface area (Å²) in [6.45, 7) is 1.76. The van der Waals surface area contributed by atoms with Crippen LogP contribution in [0.25, 0.3) is 11.0 Å². The van der Waals surface area contributed by atoms with E-state index in [2.05, 4.69) is 0 Å². The molecule has 22 heavy (non-hydrogen) atoms. The summed E-state index contributed by atoms with van der Waals surface area (Å²) < 4.78 is 5.53. The van der Waals surface area contributed by atoms with Gasteiger partial charge >= 0.3 is 5.97 Å². The number of carboxylic acid groups (broad SMARTS) is 1. The van der Waals surface area contributed by atoms with E-state index in [1.165, 1.54) is 18.2 Å². The van der Waals surface area contributed by atoms with Gasteiger partial charge in [0.05, 0.1) is 11.6 Å². The molecule has 0 fully saturated rings. The largest absolute Gasteiger partial charge is 0.481 e. The Morgan fingerprint density at radius 2 is 2.14 bits per heavy atom. The van der Waals surface area contributed by atoms with Crippen molar-refractivity contribution in [3.8, 4) is 6.07 Å². The number of fused-ring (bicyclic) bond motifs is 1. The van der Waals surface area contributed by atoms with Crippen molar-refractivity contribution in [3.05, 3.63) is 59.4 Å². The van der Waals surface area contributed by atoms with Crippen LogP contribution in [-0.2, 0) is 10.4 Å². The van der Waals surface area contributed by atoms with Gasteiger partial charge in [0, 0.05) is 10.9 Å². The van der Waals surface area contributed by atoms with Crippen molar-refractivity contribution in [3.63, 3.8) is 0 Å². The lowest BCUT2D eigenvalue weighted by molar-refractivity contribution is -0.146. The Bertz CT molecular complexity index is 869. The molecule has 0 amide bonds. The van der Waals surface area contributed by atoms with Gasteiger partial charge in [-0.1, -0.05) is 18.2 Å². The van der Waals surface area contributed by atoms with Gasteiger partial charge in [-0.25, -0.2) is 0 Å². The van der Waals surface area contributed by atoms with Crippen molar-refractivity contribution in [2.75, 3.05) is 0 Å². The van der Waals surface area contributed by atoms with Gasteiger partial charge in [0.15, 0.2) is 0 Å². The Labute approximate surface area is 126 Å². The Balaban J connectivity index is 2.32. The van der Waals surface area contributed by atoms with Crippen molar-refractivity contribution in [2.45, 2.75) is 12.5 Å². The smallest absolute Gasteiger partial charge is 0.314 e. The van der Waals surface area contributed by atoms with Crippen LogP contribution in [0, 0.1) is 24.2 Å². The number of carbonyl (C=O) groups is 1. The van der Waals surface area contributed by atoms with Crippen LogP contribution in [0.15, 0.2) is 46.9 Å². The molecule has 2 aromatic rings. The van der Waals surface area contributed by atoms with E-state index in [1.807, 2.05) is 6.07 Å². The zero-order valence-electron chi connectivity index (χ0n) is 11.8. The number of rotatable bonds is 2. The third-order valence-corrected chi connectivity index (χ3v) is 3.83. The van der Waals surface area contributed by atoms with Crippen molar-refractivity contribution in [1.29, 1.82) is 5.26 Å². The Hall–Kier alpha value is -2.84. The minimum absolute atomic E-state index is 0.303. The first-order chi connectivity index (χ1) is 10.5. The molecule has 1 aliphatic rings. The molecule has 0 bridgehead atoms. The second kappa shape index (κ2) is 4.86. The van der Waals surface area contributed by atoms with E-state index in [-0.39, 0.29) is 0 Å². The number of benzene rings is 1. The summed E-state index contributed by atoms with van der Waals surface area (Å²) >= 11 is 0. The standard InChI is InChI=1S/C17H13NO4/c1-10-6-12-14(7-11(9-18)8-15(12)22-10)17(21)5-3-2-4-13(17)16(19)20/h2-8,13,21H,1H3,(H,19,20). The van der Waals surface area contributed by atoms with Crippen molar-refractivity contribution in [2.24, 2.45) is 5.92 Å². The molecule has 3 rings (SSSR count). The third kappa shape index (κ3) is 2.01. The molecule has 1 heterocycles. The predicted molar refractivity (Wildman–Crippen MR) is 79.0 cm³/mol. The van der Waals surface area contributed by atoms with Crippen LogP contribution in [0.2, 0.25) is 0 Å². The molecule has 0 saturated carbocycles. The first-order valence-corrected chi connectivity index (χ1v) is 6.71. The highest BCUT2D eigenvalue weighted by Crippen LogP contribution is 2.40. The number of nitrogens with zero attached hydrogens (tertiary/aromatic N) is 1. The lowest BCUT2D eigenvalue weighted by Gasteiger charge is -2.32. The number of nitriles is 1. The highest BCUT2D eigenvalue weighted by molar-refractivity contribution is 5.86. The molecule has 2 atom stereocenters. The monoisotopic (exact) mass is 295 g/mol. The molecular formula is C17H13NO4. The second-order valence-corrected chi connectivity index (χ2v) is 5.29. The lowest BCUT2D eigenvalue weighted by atomic mass is 9.77. The number of allylic oxidation sites excluding steroid dienone is 2. The van der Waals surface area contributed by atoms with Gasteiger partial charge in [0.1, 0.15) is 22.9 Å². The Morgan fingerprint density at radius 3 is 2.82 bits per heavy atom. The number of aryl methyl sites for hydroxylation is 1. The van der Waals surface area contributed by atoms with E-state index in [4.69, 9.17) is 9.68 Å². The van der Waals surface area contributed by atoms with E-state index in [0.29, 0.717) is 27.9 Å². The molecule has 0 aliphatic heterocycles. The van der Waals surface area contributed by atoms with E-state index in [1.54, 1.807) is 31.2 Å². The van der Waals surface area contributed by atoms with E-state index in [0.717, 1.165) is 0 Å². The summed E-state index contributed by atoms with van der Waals surface area (Å²) in [5.41, 5.74) is -0.627. The number of hydrogen-bond donors (Lipinski definition) is 2. The number of aliphatic hydroxyl groups is 1. The fraction of sp³-hybridized carbons (Fsp3) is 0.176. The molecule has 5 heteroatoms. The van der Waals surface area contributed by atoms with Crippen LogP contribution in [0.5, 0.6) is 0 Å². The summed E-state index contributed by atoms with van der Waals surface area (Å²) in [5.74, 6) is -1.65. The minimum Gasteiger partial charge on any atom is -0.481 e. The molecular weight excluding hydrogens is 282 g/mol. The molecule has 2 unspecified atom stereocenters. The van der Waals surface area contributed by atoms with Crippen LogP contribution >= 0.6 is 0 Å². The number of furan rings is 1. The van der Waals surface area contributed by atoms with Gasteiger partial charge in [-0.15, -0.1) is 0 Å².